The summed E-state index contributed by atoms with van der Waals surface area (Å²) in [6.45, 7) is -0.889. The van der Waals surface area contributed by atoms with Crippen LogP contribution in [0.3, 0.4) is 0 Å². The molecule has 0 saturated carbocycles. The van der Waals surface area contributed by atoms with Crippen LogP contribution in [0.25, 0.3) is 0 Å². The normalized spacial score (nSPS) is 10.4. The number of hydrogen-bond donors (Lipinski definition) is 0. The van der Waals surface area contributed by atoms with E-state index in [2.05, 4.69) is 0 Å². The van der Waals surface area contributed by atoms with E-state index >= 15 is 0 Å². The molecule has 0 radical (unpaired) electrons. The molecule has 0 saturated heterocycles. The minimum Gasteiger partial charge on any atom is -0.497 e. The molecule has 0 fully saturated rings. The summed E-state index contributed by atoms with van der Waals surface area (Å²) in [6.07, 6.45) is -1.19. The van der Waals surface area contributed by atoms with Crippen molar-refractivity contribution < 1.29 is 57.0 Å². The molecule has 0 N–H and O–H groups in total. The molecule has 0 heterocycles. The lowest BCUT2D eigenvalue weighted by atomic mass is 10.2. The maximum atomic E-state index is 13.1. The van der Waals surface area contributed by atoms with Gasteiger partial charge in [0.15, 0.2) is 6.10 Å². The van der Waals surface area contributed by atoms with E-state index in [0.29, 0.717) is 34.5 Å². The van der Waals surface area contributed by atoms with Gasteiger partial charge >= 0.3 is 17.9 Å². The fourth-order valence-corrected chi connectivity index (χ4v) is 3.62. The zero-order valence-electron chi connectivity index (χ0n) is 24.1. The molecule has 0 amide bonds. The van der Waals surface area contributed by atoms with Crippen molar-refractivity contribution >= 4 is 17.9 Å². The second-order valence-electron chi connectivity index (χ2n) is 8.53. The summed E-state index contributed by atoms with van der Waals surface area (Å²) in [5.74, 6) is -0.0874. The minimum absolute atomic E-state index is 0.101. The molecular weight excluding hydrogens is 552 g/mol. The van der Waals surface area contributed by atoms with Crippen LogP contribution in [0, 0.1) is 0 Å². The lowest BCUT2D eigenvalue weighted by Gasteiger charge is -2.19. The largest absolute Gasteiger partial charge is 0.497 e. The van der Waals surface area contributed by atoms with Crippen LogP contribution in [-0.4, -0.2) is 79.9 Å². The Kier molecular flexibility index (Phi) is 11.2. The van der Waals surface area contributed by atoms with Crippen molar-refractivity contribution in [3.05, 3.63) is 71.3 Å². The van der Waals surface area contributed by atoms with Crippen molar-refractivity contribution in [2.75, 3.05) is 55.9 Å². The fraction of sp³-hybridized carbons (Fsp3) is 0.300. The predicted octanol–water partition coefficient (Wildman–Crippen LogP) is 3.98. The van der Waals surface area contributed by atoms with Crippen molar-refractivity contribution in [3.8, 4) is 34.5 Å². The Morgan fingerprint density at radius 3 is 0.976 bits per heavy atom. The maximum Gasteiger partial charge on any atom is 0.338 e. The first kappa shape index (κ1) is 31.4. The highest BCUT2D eigenvalue weighted by Gasteiger charge is 2.23. The number of carbonyl (C=O) groups excluding carboxylic acids is 3. The summed E-state index contributed by atoms with van der Waals surface area (Å²) in [6, 6.07) is 13.5. The highest BCUT2D eigenvalue weighted by Crippen LogP contribution is 2.26. The number of ether oxygens (including phenoxy) is 9. The van der Waals surface area contributed by atoms with E-state index < -0.39 is 37.2 Å². The summed E-state index contributed by atoms with van der Waals surface area (Å²) in [5, 5.41) is 0. The van der Waals surface area contributed by atoms with Crippen molar-refractivity contribution in [3.63, 3.8) is 0 Å². The van der Waals surface area contributed by atoms with Crippen LogP contribution in [0.4, 0.5) is 0 Å². The topological polar surface area (TPSA) is 134 Å². The molecule has 3 aromatic rings. The van der Waals surface area contributed by atoms with Gasteiger partial charge in [-0.15, -0.1) is 0 Å². The van der Waals surface area contributed by atoms with Crippen molar-refractivity contribution in [1.29, 1.82) is 0 Å². The molecule has 12 heteroatoms. The Morgan fingerprint density at radius 1 is 0.452 bits per heavy atom. The SMILES string of the molecule is COc1cc(OC)cc(C(=O)OCC(COC(=O)c2cc(OC)cc(OC)c2)OC(=O)c2cc(OC)cc(OC)c2)c1. The number of rotatable bonds is 14. The monoisotopic (exact) mass is 584 g/mol. The molecule has 42 heavy (non-hydrogen) atoms. The molecule has 0 aliphatic heterocycles. The quantitative estimate of drug-likeness (QED) is 0.200. The summed E-state index contributed by atoms with van der Waals surface area (Å²) in [4.78, 5) is 38.8. The molecule has 224 valence electrons. The van der Waals surface area contributed by atoms with Gasteiger partial charge in [0.05, 0.1) is 59.3 Å². The van der Waals surface area contributed by atoms with E-state index in [0.717, 1.165) is 0 Å². The zero-order valence-corrected chi connectivity index (χ0v) is 24.1. The van der Waals surface area contributed by atoms with Crippen LogP contribution < -0.4 is 28.4 Å². The Hall–Kier alpha value is -5.13. The molecule has 0 spiro atoms. The summed E-state index contributed by atoms with van der Waals surface area (Å²) in [7, 11) is 8.65. The van der Waals surface area contributed by atoms with Gasteiger partial charge in [0, 0.05) is 18.2 Å². The summed E-state index contributed by atoms with van der Waals surface area (Å²) >= 11 is 0. The molecule has 0 aliphatic rings. The third-order valence-corrected chi connectivity index (χ3v) is 5.84. The van der Waals surface area contributed by atoms with Gasteiger partial charge in [-0.05, 0) is 36.4 Å². The Morgan fingerprint density at radius 2 is 0.714 bits per heavy atom. The molecule has 3 aromatic carbocycles. The minimum atomic E-state index is -1.19. The van der Waals surface area contributed by atoms with Crippen LogP contribution in [-0.2, 0) is 14.2 Å². The zero-order chi connectivity index (χ0) is 30.6. The van der Waals surface area contributed by atoms with Gasteiger partial charge in [-0.1, -0.05) is 0 Å². The van der Waals surface area contributed by atoms with E-state index in [1.165, 1.54) is 79.1 Å². The van der Waals surface area contributed by atoms with Gasteiger partial charge in [0.2, 0.25) is 0 Å². The van der Waals surface area contributed by atoms with Gasteiger partial charge in [-0.3, -0.25) is 0 Å². The Labute approximate surface area is 242 Å². The fourth-order valence-electron chi connectivity index (χ4n) is 3.62. The van der Waals surface area contributed by atoms with Gasteiger partial charge in [-0.25, -0.2) is 14.4 Å². The first-order valence-corrected chi connectivity index (χ1v) is 12.5. The lowest BCUT2D eigenvalue weighted by Crippen LogP contribution is -2.31. The van der Waals surface area contributed by atoms with Crippen LogP contribution >= 0.6 is 0 Å². The van der Waals surface area contributed by atoms with Crippen molar-refractivity contribution in [2.24, 2.45) is 0 Å². The standard InChI is InChI=1S/C30H32O12/c1-34-21-7-18(8-22(13-21)35-2)28(31)40-16-27(42-30(33)20-11-25(38-5)15-26(12-20)39-6)17-41-29(32)19-9-23(36-3)14-24(10-19)37-4/h7-15,27H,16-17H2,1-6H3. The van der Waals surface area contributed by atoms with E-state index in [-0.39, 0.29) is 16.7 Å². The molecule has 0 atom stereocenters. The second kappa shape index (κ2) is 15.0. The molecule has 12 nitrogen and oxygen atoms in total. The van der Waals surface area contributed by atoms with Crippen LogP contribution in [0.5, 0.6) is 34.5 Å². The highest BCUT2D eigenvalue weighted by molar-refractivity contribution is 5.92. The number of carbonyl (C=O) groups is 3. The molecule has 0 bridgehead atoms. The van der Waals surface area contributed by atoms with Gasteiger partial charge in [-0.2, -0.15) is 0 Å². The molecule has 3 rings (SSSR count). The second-order valence-corrected chi connectivity index (χ2v) is 8.53. The molecule has 0 unspecified atom stereocenters. The first-order valence-electron chi connectivity index (χ1n) is 12.5. The number of benzene rings is 3. The van der Waals surface area contributed by atoms with Crippen molar-refractivity contribution in [2.45, 2.75) is 6.10 Å². The average molecular weight is 585 g/mol. The summed E-state index contributed by atoms with van der Waals surface area (Å²) < 4.78 is 47.7. The average Bonchev–Trinajstić information content (AvgIpc) is 3.04. The number of hydrogen-bond acceptors (Lipinski definition) is 12. The van der Waals surface area contributed by atoms with Gasteiger partial charge < -0.3 is 42.6 Å². The van der Waals surface area contributed by atoms with Crippen LogP contribution in [0.15, 0.2) is 54.6 Å². The van der Waals surface area contributed by atoms with Crippen LogP contribution in [0.1, 0.15) is 31.1 Å². The number of esters is 3. The predicted molar refractivity (Wildman–Crippen MR) is 148 cm³/mol. The molecule has 0 aliphatic carbocycles. The lowest BCUT2D eigenvalue weighted by molar-refractivity contribution is -0.0254. The third-order valence-electron chi connectivity index (χ3n) is 5.84. The van der Waals surface area contributed by atoms with Gasteiger partial charge in [0.25, 0.3) is 0 Å². The van der Waals surface area contributed by atoms with E-state index in [4.69, 9.17) is 42.6 Å². The third kappa shape index (κ3) is 8.43. The summed E-state index contributed by atoms with van der Waals surface area (Å²) in [5.41, 5.74) is 0.368. The van der Waals surface area contributed by atoms with E-state index in [1.807, 2.05) is 0 Å². The highest BCUT2D eigenvalue weighted by atomic mass is 16.6. The van der Waals surface area contributed by atoms with E-state index in [1.54, 1.807) is 18.2 Å². The molecular formula is C30H32O12. The van der Waals surface area contributed by atoms with Gasteiger partial charge in [0.1, 0.15) is 47.7 Å². The van der Waals surface area contributed by atoms with Crippen LogP contribution in [0.2, 0.25) is 0 Å². The maximum absolute atomic E-state index is 13.1. The smallest absolute Gasteiger partial charge is 0.338 e. The molecule has 0 aromatic heterocycles. The first-order chi connectivity index (χ1) is 20.2. The van der Waals surface area contributed by atoms with E-state index in [9.17, 15) is 14.4 Å². The Balaban J connectivity index is 1.81. The van der Waals surface area contributed by atoms with Crippen molar-refractivity contribution in [1.82, 2.24) is 0 Å². The Bertz CT molecular complexity index is 1260. The number of methoxy groups -OCH3 is 6.